The molecule has 0 aliphatic carbocycles. The molecule has 0 spiro atoms. The first-order valence-corrected chi connectivity index (χ1v) is 9.58. The first kappa shape index (κ1) is 14.9. The molecule has 5 nitrogen and oxygen atoms in total. The molecule has 0 bridgehead atoms. The van der Waals surface area contributed by atoms with E-state index in [0.29, 0.717) is 0 Å². The van der Waals surface area contributed by atoms with Gasteiger partial charge in [-0.3, -0.25) is 4.57 Å². The Balaban J connectivity index is 2.86. The minimum absolute atomic E-state index is 0.0205. The van der Waals surface area contributed by atoms with E-state index in [-0.39, 0.29) is 12.1 Å². The van der Waals surface area contributed by atoms with Crippen molar-refractivity contribution in [3.8, 4) is 0 Å². The molecule has 0 saturated heterocycles. The molecule has 6 heteroatoms. The number of carbonyl (C=O) groups is 1. The minimum Gasteiger partial charge on any atom is -0.409 e. The largest absolute Gasteiger partial charge is 0.409 e. The van der Waals surface area contributed by atoms with Crippen LogP contribution in [0.2, 0.25) is 19.6 Å². The summed E-state index contributed by atoms with van der Waals surface area (Å²) in [5, 5.41) is 0. The van der Waals surface area contributed by atoms with E-state index in [0.717, 1.165) is 12.1 Å². The van der Waals surface area contributed by atoms with Crippen LogP contribution in [0.1, 0.15) is 25.1 Å². The zero-order valence-corrected chi connectivity index (χ0v) is 13.1. The van der Waals surface area contributed by atoms with Crippen molar-refractivity contribution in [2.24, 2.45) is 0 Å². The molecule has 1 rings (SSSR count). The van der Waals surface area contributed by atoms with Crippen molar-refractivity contribution in [1.29, 1.82) is 0 Å². The van der Waals surface area contributed by atoms with Gasteiger partial charge in [-0.25, -0.2) is 9.78 Å². The molecule has 1 amide bonds. The summed E-state index contributed by atoms with van der Waals surface area (Å²) in [7, 11) is 1.83. The van der Waals surface area contributed by atoms with Gasteiger partial charge in [0.1, 0.15) is 6.33 Å². The monoisotopic (exact) mass is 269 g/mol. The van der Waals surface area contributed by atoms with Gasteiger partial charge in [0.2, 0.25) is 0 Å². The van der Waals surface area contributed by atoms with Crippen LogP contribution in [0.15, 0.2) is 12.5 Å². The molecule has 0 aliphatic heterocycles. The molecule has 0 radical (unpaired) electrons. The number of aromatic nitrogens is 2. The van der Waals surface area contributed by atoms with E-state index in [1.165, 1.54) is 9.47 Å². The smallest absolute Gasteiger partial charge is 0.328 e. The maximum absolute atomic E-state index is 11.8. The van der Waals surface area contributed by atoms with E-state index in [4.69, 9.17) is 4.43 Å². The van der Waals surface area contributed by atoms with E-state index in [1.54, 1.807) is 26.6 Å². The number of carbonyl (C=O) groups excluding carboxylic acids is 1. The summed E-state index contributed by atoms with van der Waals surface area (Å²) < 4.78 is 7.56. The first-order chi connectivity index (χ1) is 8.24. The molecule has 0 fully saturated rings. The molecule has 0 aliphatic rings. The third kappa shape index (κ3) is 3.96. The topological polar surface area (TPSA) is 47.4 Å². The van der Waals surface area contributed by atoms with E-state index >= 15 is 0 Å². The van der Waals surface area contributed by atoms with E-state index in [2.05, 4.69) is 31.5 Å². The number of rotatable bonds is 4. The quantitative estimate of drug-likeness (QED) is 0.790. The van der Waals surface area contributed by atoms with Crippen molar-refractivity contribution in [2.45, 2.75) is 39.1 Å². The number of amides is 1. The minimum atomic E-state index is -1.61. The van der Waals surface area contributed by atoms with Crippen LogP contribution in [0, 0.1) is 0 Å². The van der Waals surface area contributed by atoms with Crippen LogP contribution < -0.4 is 0 Å². The van der Waals surface area contributed by atoms with Crippen molar-refractivity contribution < 1.29 is 9.22 Å². The average molecular weight is 269 g/mol. The van der Waals surface area contributed by atoms with Crippen LogP contribution in [0.4, 0.5) is 4.79 Å². The fourth-order valence-electron chi connectivity index (χ4n) is 1.62. The Morgan fingerprint density at radius 3 is 2.56 bits per heavy atom. The zero-order chi connectivity index (χ0) is 13.9. The number of imidazole rings is 1. The van der Waals surface area contributed by atoms with E-state index in [9.17, 15) is 4.79 Å². The van der Waals surface area contributed by atoms with Gasteiger partial charge in [0.05, 0.1) is 11.8 Å². The van der Waals surface area contributed by atoms with Crippen molar-refractivity contribution in [3.63, 3.8) is 0 Å². The van der Waals surface area contributed by atoms with Crippen LogP contribution in [0.5, 0.6) is 0 Å². The molecular weight excluding hydrogens is 246 g/mol. The van der Waals surface area contributed by atoms with Crippen molar-refractivity contribution in [2.75, 3.05) is 14.1 Å². The summed E-state index contributed by atoms with van der Waals surface area (Å²) in [6.45, 7) is 8.52. The van der Waals surface area contributed by atoms with Gasteiger partial charge in [0, 0.05) is 20.3 Å². The summed E-state index contributed by atoms with van der Waals surface area (Å²) in [4.78, 5) is 17.6. The predicted molar refractivity (Wildman–Crippen MR) is 74.2 cm³/mol. The lowest BCUT2D eigenvalue weighted by molar-refractivity contribution is 0.189. The maximum Gasteiger partial charge on any atom is 0.328 e. The number of nitrogens with zero attached hydrogens (tertiary/aromatic N) is 3. The Morgan fingerprint density at radius 2 is 2.11 bits per heavy atom. The highest BCUT2D eigenvalue weighted by Gasteiger charge is 2.23. The van der Waals surface area contributed by atoms with E-state index < -0.39 is 8.32 Å². The second-order valence-corrected chi connectivity index (χ2v) is 9.97. The lowest BCUT2D eigenvalue weighted by Crippen LogP contribution is -2.28. The first-order valence-electron chi connectivity index (χ1n) is 6.18. The Morgan fingerprint density at radius 1 is 1.50 bits per heavy atom. The second-order valence-electron chi connectivity index (χ2n) is 5.51. The molecule has 1 aromatic rings. The van der Waals surface area contributed by atoms with Gasteiger partial charge < -0.3 is 9.33 Å². The standard InChI is InChI=1S/C12H23N3O2Si/c1-7-11(17-18(4,5)6)10-8-15(9-13-10)12(16)14(2)3/h8-9,11H,7H2,1-6H3. The summed E-state index contributed by atoms with van der Waals surface area (Å²) in [5.74, 6) is 0. The van der Waals surface area contributed by atoms with Crippen molar-refractivity contribution in [1.82, 2.24) is 14.5 Å². The third-order valence-electron chi connectivity index (χ3n) is 2.40. The Kier molecular flexibility index (Phi) is 4.69. The van der Waals surface area contributed by atoms with Gasteiger partial charge in [-0.15, -0.1) is 0 Å². The van der Waals surface area contributed by atoms with Crippen LogP contribution in [0.25, 0.3) is 0 Å². The van der Waals surface area contributed by atoms with Crippen LogP contribution in [-0.4, -0.2) is 42.9 Å². The molecule has 0 saturated carbocycles. The summed E-state index contributed by atoms with van der Waals surface area (Å²) in [5.41, 5.74) is 0.829. The summed E-state index contributed by atoms with van der Waals surface area (Å²) in [6.07, 6.45) is 4.15. The summed E-state index contributed by atoms with van der Waals surface area (Å²) >= 11 is 0. The SMILES string of the molecule is CCC(O[Si](C)(C)C)c1cn(C(=O)N(C)C)cn1. The maximum atomic E-state index is 11.8. The highest BCUT2D eigenvalue weighted by Crippen LogP contribution is 2.23. The number of hydrogen-bond acceptors (Lipinski definition) is 3. The predicted octanol–water partition coefficient (Wildman–Crippen LogP) is 2.72. The third-order valence-corrected chi connectivity index (χ3v) is 3.39. The van der Waals surface area contributed by atoms with Gasteiger partial charge in [0.15, 0.2) is 8.32 Å². The Bertz CT molecular complexity index is 410. The molecule has 1 heterocycles. The highest BCUT2D eigenvalue weighted by molar-refractivity contribution is 6.69. The van der Waals surface area contributed by atoms with Crippen molar-refractivity contribution in [3.05, 3.63) is 18.2 Å². The molecule has 0 N–H and O–H groups in total. The van der Waals surface area contributed by atoms with Gasteiger partial charge in [-0.2, -0.15) is 0 Å². The van der Waals surface area contributed by atoms with Crippen molar-refractivity contribution >= 4 is 14.3 Å². The zero-order valence-electron chi connectivity index (χ0n) is 12.1. The van der Waals surface area contributed by atoms with Crippen LogP contribution in [-0.2, 0) is 4.43 Å². The fourth-order valence-corrected chi connectivity index (χ4v) is 2.76. The normalized spacial score (nSPS) is 13.4. The molecule has 18 heavy (non-hydrogen) atoms. The lowest BCUT2D eigenvalue weighted by atomic mass is 10.2. The molecule has 1 aromatic heterocycles. The number of hydrogen-bond donors (Lipinski definition) is 0. The average Bonchev–Trinajstić information content (AvgIpc) is 2.72. The van der Waals surface area contributed by atoms with Gasteiger partial charge in [-0.05, 0) is 26.1 Å². The molecule has 0 aromatic carbocycles. The molecular formula is C12H23N3O2Si. The van der Waals surface area contributed by atoms with Crippen LogP contribution >= 0.6 is 0 Å². The molecule has 102 valence electrons. The fraction of sp³-hybridized carbons (Fsp3) is 0.667. The van der Waals surface area contributed by atoms with Gasteiger partial charge in [0.25, 0.3) is 0 Å². The second kappa shape index (κ2) is 5.66. The highest BCUT2D eigenvalue weighted by atomic mass is 28.4. The summed E-state index contributed by atoms with van der Waals surface area (Å²) in [6, 6.07) is -0.100. The van der Waals surface area contributed by atoms with E-state index in [1.807, 2.05) is 0 Å². The van der Waals surface area contributed by atoms with Gasteiger partial charge in [-0.1, -0.05) is 6.92 Å². The molecule has 1 unspecified atom stereocenters. The Hall–Kier alpha value is -1.14. The van der Waals surface area contributed by atoms with Crippen LogP contribution in [0.3, 0.4) is 0 Å². The van der Waals surface area contributed by atoms with Gasteiger partial charge >= 0.3 is 6.03 Å². The molecule has 1 atom stereocenters. The lowest BCUT2D eigenvalue weighted by Gasteiger charge is -2.24. The Labute approximate surface area is 110 Å².